The third kappa shape index (κ3) is 2.23. The minimum Gasteiger partial charge on any atom is -0.506 e. The van der Waals surface area contributed by atoms with E-state index in [1.807, 2.05) is 6.07 Å². The molecule has 1 N–H and O–H groups in total. The van der Waals surface area contributed by atoms with Crippen molar-refractivity contribution in [2.75, 3.05) is 37.6 Å². The van der Waals surface area contributed by atoms with Gasteiger partial charge >= 0.3 is 0 Å². The van der Waals surface area contributed by atoms with Gasteiger partial charge in [0.05, 0.1) is 5.69 Å². The van der Waals surface area contributed by atoms with E-state index in [0.29, 0.717) is 5.75 Å². The average Bonchev–Trinajstić information content (AvgIpc) is 2.30. The van der Waals surface area contributed by atoms with E-state index in [9.17, 15) is 5.11 Å². The van der Waals surface area contributed by atoms with Gasteiger partial charge in [-0.25, -0.2) is 0 Å². The summed E-state index contributed by atoms with van der Waals surface area (Å²) in [7, 11) is 0. The summed E-state index contributed by atoms with van der Waals surface area (Å²) in [5.74, 6) is 0.360. The van der Waals surface area contributed by atoms with Crippen LogP contribution in [0.15, 0.2) is 18.2 Å². The van der Waals surface area contributed by atoms with Crippen molar-refractivity contribution >= 4 is 5.69 Å². The Morgan fingerprint density at radius 1 is 1.33 bits per heavy atom. The Hall–Kier alpha value is -1.22. The van der Waals surface area contributed by atoms with Gasteiger partial charge in [-0.05, 0) is 24.7 Å². The summed E-state index contributed by atoms with van der Waals surface area (Å²) >= 11 is 0. The predicted molar refractivity (Wildman–Crippen MR) is 61.3 cm³/mol. The second kappa shape index (κ2) is 4.53. The van der Waals surface area contributed by atoms with Gasteiger partial charge in [0, 0.05) is 26.2 Å². The van der Waals surface area contributed by atoms with Crippen LogP contribution in [0.3, 0.4) is 0 Å². The summed E-state index contributed by atoms with van der Waals surface area (Å²) in [5.41, 5.74) is 0.910. The Balaban J connectivity index is 2.04. The van der Waals surface area contributed by atoms with Crippen molar-refractivity contribution in [3.63, 3.8) is 0 Å². The molecule has 1 fully saturated rings. The molecular formula is C12H17N2O. The van der Waals surface area contributed by atoms with E-state index in [0.717, 1.165) is 38.4 Å². The molecule has 0 unspecified atom stereocenters. The van der Waals surface area contributed by atoms with Crippen molar-refractivity contribution in [1.82, 2.24) is 4.90 Å². The second-order valence-electron chi connectivity index (χ2n) is 3.84. The van der Waals surface area contributed by atoms with Gasteiger partial charge in [-0.1, -0.05) is 13.0 Å². The lowest BCUT2D eigenvalue weighted by Crippen LogP contribution is -2.46. The fourth-order valence-corrected chi connectivity index (χ4v) is 1.97. The number of hydrogen-bond acceptors (Lipinski definition) is 3. The number of piperazine rings is 1. The highest BCUT2D eigenvalue weighted by molar-refractivity contribution is 5.57. The van der Waals surface area contributed by atoms with Gasteiger partial charge in [0.1, 0.15) is 5.75 Å². The average molecular weight is 205 g/mol. The summed E-state index contributed by atoms with van der Waals surface area (Å²) in [6.07, 6.45) is 0. The molecule has 3 nitrogen and oxygen atoms in total. The lowest BCUT2D eigenvalue weighted by atomic mass is 10.2. The maximum absolute atomic E-state index is 9.71. The van der Waals surface area contributed by atoms with E-state index in [1.165, 1.54) is 0 Å². The smallest absolute Gasteiger partial charge is 0.138 e. The minimum absolute atomic E-state index is 0.360. The number of nitrogens with zero attached hydrogens (tertiary/aromatic N) is 2. The first-order valence-electron chi connectivity index (χ1n) is 5.47. The second-order valence-corrected chi connectivity index (χ2v) is 3.84. The summed E-state index contributed by atoms with van der Waals surface area (Å²) in [6.45, 7) is 7.42. The lowest BCUT2D eigenvalue weighted by Gasteiger charge is -2.35. The van der Waals surface area contributed by atoms with Gasteiger partial charge in [-0.3, -0.25) is 0 Å². The number of benzene rings is 1. The van der Waals surface area contributed by atoms with Crippen LogP contribution in [-0.4, -0.2) is 42.7 Å². The van der Waals surface area contributed by atoms with Crippen molar-refractivity contribution in [2.45, 2.75) is 6.92 Å². The van der Waals surface area contributed by atoms with E-state index in [2.05, 4.69) is 22.8 Å². The summed E-state index contributed by atoms with van der Waals surface area (Å²) in [4.78, 5) is 4.64. The highest BCUT2D eigenvalue weighted by Gasteiger charge is 2.17. The largest absolute Gasteiger partial charge is 0.506 e. The number of rotatable bonds is 2. The van der Waals surface area contributed by atoms with Crippen LogP contribution in [-0.2, 0) is 0 Å². The van der Waals surface area contributed by atoms with Crippen LogP contribution in [0.1, 0.15) is 6.92 Å². The molecule has 0 amide bonds. The third-order valence-electron chi connectivity index (χ3n) is 2.98. The number of phenols is 1. The first kappa shape index (κ1) is 10.3. The topological polar surface area (TPSA) is 26.7 Å². The molecule has 1 heterocycles. The van der Waals surface area contributed by atoms with Gasteiger partial charge in [-0.15, -0.1) is 0 Å². The van der Waals surface area contributed by atoms with Crippen LogP contribution in [0.25, 0.3) is 0 Å². The first-order chi connectivity index (χ1) is 7.31. The molecule has 15 heavy (non-hydrogen) atoms. The number of phenolic OH excluding ortho intramolecular Hbond substituents is 1. The predicted octanol–water partition coefficient (Wildman–Crippen LogP) is 1.33. The van der Waals surface area contributed by atoms with Crippen molar-refractivity contribution in [3.8, 4) is 5.75 Å². The molecule has 0 aromatic heterocycles. The monoisotopic (exact) mass is 205 g/mol. The summed E-state index contributed by atoms with van der Waals surface area (Å²) in [6, 6.07) is 8.30. The molecule has 81 valence electrons. The van der Waals surface area contributed by atoms with Crippen LogP contribution >= 0.6 is 0 Å². The third-order valence-corrected chi connectivity index (χ3v) is 2.98. The summed E-state index contributed by atoms with van der Waals surface area (Å²) in [5, 5.41) is 9.71. The van der Waals surface area contributed by atoms with Crippen LogP contribution in [0.4, 0.5) is 5.69 Å². The van der Waals surface area contributed by atoms with Gasteiger partial charge in [0.2, 0.25) is 0 Å². The Labute approximate surface area is 90.9 Å². The molecular weight excluding hydrogens is 188 g/mol. The molecule has 0 aliphatic carbocycles. The number of aromatic hydroxyl groups is 1. The van der Waals surface area contributed by atoms with Gasteiger partial charge in [-0.2, -0.15) is 0 Å². The van der Waals surface area contributed by atoms with Gasteiger partial charge in [0.25, 0.3) is 0 Å². The van der Waals surface area contributed by atoms with Gasteiger partial charge < -0.3 is 14.9 Å². The fraction of sp³-hybridized carbons (Fsp3) is 0.500. The Kier molecular flexibility index (Phi) is 3.11. The molecule has 2 rings (SSSR count). The molecule has 0 spiro atoms. The molecule has 1 aliphatic heterocycles. The molecule has 0 atom stereocenters. The zero-order valence-corrected chi connectivity index (χ0v) is 9.11. The van der Waals surface area contributed by atoms with E-state index in [4.69, 9.17) is 0 Å². The number of likely N-dealkylation sites (N-methyl/N-ethyl adjacent to an activating group) is 1. The molecule has 1 radical (unpaired) electrons. The van der Waals surface area contributed by atoms with Crippen molar-refractivity contribution in [2.24, 2.45) is 0 Å². The van der Waals surface area contributed by atoms with Crippen LogP contribution < -0.4 is 4.90 Å². The molecule has 0 saturated carbocycles. The van der Waals surface area contributed by atoms with Crippen LogP contribution in [0, 0.1) is 6.07 Å². The fourth-order valence-electron chi connectivity index (χ4n) is 1.97. The van der Waals surface area contributed by atoms with Crippen molar-refractivity contribution < 1.29 is 5.11 Å². The zero-order valence-electron chi connectivity index (χ0n) is 9.11. The number of hydrogen-bond donors (Lipinski definition) is 1. The van der Waals surface area contributed by atoms with E-state index < -0.39 is 0 Å². The standard InChI is InChI=1S/C12H17N2O/c1-2-13-7-9-14(10-8-13)11-5-3-4-6-12(11)15/h4-6,15H,2,7-10H2,1H3. The maximum atomic E-state index is 9.71. The van der Waals surface area contributed by atoms with Crippen LogP contribution in [0.5, 0.6) is 5.75 Å². The SMILES string of the molecule is CCN1CCN(c2c[c]ccc2O)CC1. The summed E-state index contributed by atoms with van der Waals surface area (Å²) < 4.78 is 0. The van der Waals surface area contributed by atoms with E-state index in [1.54, 1.807) is 12.1 Å². The van der Waals surface area contributed by atoms with E-state index in [-0.39, 0.29) is 0 Å². The molecule has 1 aromatic rings. The van der Waals surface area contributed by atoms with E-state index >= 15 is 0 Å². The van der Waals surface area contributed by atoms with Crippen molar-refractivity contribution in [3.05, 3.63) is 24.3 Å². The molecule has 0 bridgehead atoms. The van der Waals surface area contributed by atoms with Crippen molar-refractivity contribution in [1.29, 1.82) is 0 Å². The Morgan fingerprint density at radius 3 is 2.67 bits per heavy atom. The molecule has 3 heteroatoms. The Bertz CT molecular complexity index is 319. The molecule has 1 aliphatic rings. The normalized spacial score (nSPS) is 18.1. The zero-order chi connectivity index (χ0) is 10.7. The molecule has 1 aromatic carbocycles. The highest BCUT2D eigenvalue weighted by atomic mass is 16.3. The van der Waals surface area contributed by atoms with Crippen LogP contribution in [0.2, 0.25) is 0 Å². The lowest BCUT2D eigenvalue weighted by molar-refractivity contribution is 0.270. The quantitative estimate of drug-likeness (QED) is 0.789. The highest BCUT2D eigenvalue weighted by Crippen LogP contribution is 2.26. The minimum atomic E-state index is 0.360. The number of anilines is 1. The first-order valence-corrected chi connectivity index (χ1v) is 5.47. The Morgan fingerprint density at radius 2 is 2.07 bits per heavy atom. The molecule has 1 saturated heterocycles. The van der Waals surface area contributed by atoms with Gasteiger partial charge in [0.15, 0.2) is 0 Å². The maximum Gasteiger partial charge on any atom is 0.138 e.